The first-order valence-electron chi connectivity index (χ1n) is 11.2. The standard InChI is InChI=1S/C28H21Cl2FN2O2/c29-18-8-4-17(5-9-18)27(35)26-24(16-6-12-20(31)13-7-16)25-22(2-1-3-23(25)34)33(28(26)32)21-14-10-19(30)11-15-21/h4-15,24,32,35H,1-3H2/b27-26+,32-28?. The molecule has 0 spiro atoms. The van der Waals surface area contributed by atoms with Gasteiger partial charge in [0.25, 0.3) is 0 Å². The third kappa shape index (κ3) is 4.26. The number of rotatable bonds is 3. The molecular weight excluding hydrogens is 486 g/mol. The van der Waals surface area contributed by atoms with Gasteiger partial charge in [-0.3, -0.25) is 15.1 Å². The highest BCUT2D eigenvalue weighted by Gasteiger charge is 2.43. The van der Waals surface area contributed by atoms with E-state index in [1.807, 2.05) is 0 Å². The average Bonchev–Trinajstić information content (AvgIpc) is 2.85. The minimum absolute atomic E-state index is 0.0440. The number of aliphatic hydroxyl groups excluding tert-OH is 1. The smallest absolute Gasteiger partial charge is 0.161 e. The number of amidine groups is 1. The Hall–Kier alpha value is -3.41. The van der Waals surface area contributed by atoms with E-state index in [1.165, 1.54) is 12.1 Å². The number of hydrogen-bond donors (Lipinski definition) is 2. The van der Waals surface area contributed by atoms with Gasteiger partial charge in [-0.1, -0.05) is 35.3 Å². The van der Waals surface area contributed by atoms with Gasteiger partial charge in [-0.2, -0.15) is 0 Å². The fourth-order valence-corrected chi connectivity index (χ4v) is 5.07. The van der Waals surface area contributed by atoms with E-state index < -0.39 is 11.7 Å². The van der Waals surface area contributed by atoms with Crippen molar-refractivity contribution in [3.05, 3.63) is 117 Å². The van der Waals surface area contributed by atoms with Crippen molar-refractivity contribution < 1.29 is 14.3 Å². The summed E-state index contributed by atoms with van der Waals surface area (Å²) in [5.74, 6) is -1.26. The maximum atomic E-state index is 13.8. The van der Waals surface area contributed by atoms with E-state index >= 15 is 0 Å². The molecule has 0 saturated heterocycles. The van der Waals surface area contributed by atoms with E-state index in [0.717, 1.165) is 5.70 Å². The minimum Gasteiger partial charge on any atom is -0.507 e. The van der Waals surface area contributed by atoms with Gasteiger partial charge in [0.05, 0.1) is 0 Å². The fraction of sp³-hybridized carbons (Fsp3) is 0.143. The number of carbonyl (C=O) groups is 1. The molecule has 1 aliphatic heterocycles. The number of nitrogens with one attached hydrogen (secondary N) is 1. The highest BCUT2D eigenvalue weighted by Crippen LogP contribution is 2.48. The molecule has 3 aromatic carbocycles. The molecule has 0 fully saturated rings. The first-order valence-corrected chi connectivity index (χ1v) is 12.0. The van der Waals surface area contributed by atoms with Gasteiger partial charge >= 0.3 is 0 Å². The molecule has 4 nitrogen and oxygen atoms in total. The summed E-state index contributed by atoms with van der Waals surface area (Å²) >= 11 is 12.2. The molecule has 3 aromatic rings. The van der Waals surface area contributed by atoms with Gasteiger partial charge in [-0.25, -0.2) is 4.39 Å². The summed E-state index contributed by atoms with van der Waals surface area (Å²) in [5.41, 5.74) is 3.26. The molecule has 1 heterocycles. The van der Waals surface area contributed by atoms with Gasteiger partial charge < -0.3 is 5.11 Å². The zero-order valence-corrected chi connectivity index (χ0v) is 20.1. The first-order chi connectivity index (χ1) is 16.8. The van der Waals surface area contributed by atoms with E-state index in [-0.39, 0.29) is 23.0 Å². The lowest BCUT2D eigenvalue weighted by molar-refractivity contribution is -0.116. The van der Waals surface area contributed by atoms with Crippen LogP contribution in [0.3, 0.4) is 0 Å². The van der Waals surface area contributed by atoms with Crippen molar-refractivity contribution in [3.63, 3.8) is 0 Å². The fourth-order valence-electron chi connectivity index (χ4n) is 4.82. The van der Waals surface area contributed by atoms with Gasteiger partial charge in [0.15, 0.2) is 5.78 Å². The van der Waals surface area contributed by atoms with Crippen LogP contribution in [0.2, 0.25) is 10.0 Å². The van der Waals surface area contributed by atoms with E-state index in [0.29, 0.717) is 51.7 Å². The Labute approximate surface area is 212 Å². The predicted octanol–water partition coefficient (Wildman–Crippen LogP) is 7.69. The second-order valence-electron chi connectivity index (χ2n) is 8.55. The summed E-state index contributed by atoms with van der Waals surface area (Å²) in [6.07, 6.45) is 1.62. The quantitative estimate of drug-likeness (QED) is 0.357. The summed E-state index contributed by atoms with van der Waals surface area (Å²) in [4.78, 5) is 15.1. The monoisotopic (exact) mass is 506 g/mol. The van der Waals surface area contributed by atoms with Crippen LogP contribution < -0.4 is 4.90 Å². The van der Waals surface area contributed by atoms with Crippen LogP contribution in [0.5, 0.6) is 0 Å². The average molecular weight is 507 g/mol. The summed E-state index contributed by atoms with van der Waals surface area (Å²) in [6.45, 7) is 0. The molecule has 1 unspecified atom stereocenters. The molecule has 0 aromatic heterocycles. The number of ketones is 1. The Morgan fingerprint density at radius 1 is 0.914 bits per heavy atom. The molecule has 1 aliphatic carbocycles. The molecular formula is C28H21Cl2FN2O2. The normalized spacial score (nSPS) is 19.6. The lowest BCUT2D eigenvalue weighted by atomic mass is 9.73. The lowest BCUT2D eigenvalue weighted by Crippen LogP contribution is -2.42. The lowest BCUT2D eigenvalue weighted by Gasteiger charge is -2.41. The highest BCUT2D eigenvalue weighted by molar-refractivity contribution is 6.31. The van der Waals surface area contributed by atoms with E-state index in [1.54, 1.807) is 65.6 Å². The van der Waals surface area contributed by atoms with Gasteiger partial charge in [0, 0.05) is 50.5 Å². The Kier molecular flexibility index (Phi) is 6.22. The summed E-state index contributed by atoms with van der Waals surface area (Å²) in [6, 6.07) is 19.5. The number of anilines is 1. The predicted molar refractivity (Wildman–Crippen MR) is 138 cm³/mol. The third-order valence-electron chi connectivity index (χ3n) is 6.42. The number of Topliss-reactive ketones (excluding diaryl/α,β-unsaturated/α-hetero) is 1. The van der Waals surface area contributed by atoms with Crippen LogP contribution in [-0.2, 0) is 4.79 Å². The third-order valence-corrected chi connectivity index (χ3v) is 6.92. The number of carbonyl (C=O) groups excluding carboxylic acids is 1. The second-order valence-corrected chi connectivity index (χ2v) is 9.42. The molecule has 2 N–H and O–H groups in total. The molecule has 35 heavy (non-hydrogen) atoms. The molecule has 7 heteroatoms. The van der Waals surface area contributed by atoms with Gasteiger partial charge in [0.2, 0.25) is 0 Å². The van der Waals surface area contributed by atoms with E-state index in [2.05, 4.69) is 0 Å². The Balaban J connectivity index is 1.81. The van der Waals surface area contributed by atoms with Crippen LogP contribution in [-0.4, -0.2) is 16.7 Å². The Morgan fingerprint density at radius 2 is 1.51 bits per heavy atom. The second kappa shape index (κ2) is 9.33. The molecule has 2 aliphatic rings. The topological polar surface area (TPSA) is 64.4 Å². The Bertz CT molecular complexity index is 1380. The van der Waals surface area contributed by atoms with Crippen LogP contribution >= 0.6 is 23.2 Å². The zero-order valence-electron chi connectivity index (χ0n) is 18.6. The number of aliphatic hydroxyl groups is 1. The summed E-state index contributed by atoms with van der Waals surface area (Å²) in [7, 11) is 0. The molecule has 0 bridgehead atoms. The van der Waals surface area contributed by atoms with Crippen LogP contribution in [0.1, 0.15) is 36.3 Å². The first kappa shape index (κ1) is 23.3. The molecule has 1 atom stereocenters. The van der Waals surface area contributed by atoms with Gasteiger partial charge in [0.1, 0.15) is 17.4 Å². The molecule has 5 rings (SSSR count). The van der Waals surface area contributed by atoms with Gasteiger partial charge in [-0.15, -0.1) is 0 Å². The van der Waals surface area contributed by atoms with E-state index in [4.69, 9.17) is 23.2 Å². The van der Waals surface area contributed by atoms with Crippen LogP contribution in [0, 0.1) is 11.2 Å². The van der Waals surface area contributed by atoms with Crippen LogP contribution in [0.25, 0.3) is 5.76 Å². The summed E-state index contributed by atoms with van der Waals surface area (Å²) in [5, 5.41) is 21.8. The van der Waals surface area contributed by atoms with Crippen molar-refractivity contribution in [2.45, 2.75) is 25.2 Å². The van der Waals surface area contributed by atoms with Crippen LogP contribution in [0.4, 0.5) is 10.1 Å². The largest absolute Gasteiger partial charge is 0.507 e. The van der Waals surface area contributed by atoms with Crippen molar-refractivity contribution in [1.82, 2.24) is 0 Å². The number of nitrogens with zero attached hydrogens (tertiary/aromatic N) is 1. The molecule has 0 amide bonds. The number of benzene rings is 3. The van der Waals surface area contributed by atoms with Gasteiger partial charge in [-0.05, 0) is 79.1 Å². The number of hydrogen-bond acceptors (Lipinski definition) is 3. The molecule has 0 radical (unpaired) electrons. The van der Waals surface area contributed by atoms with Crippen molar-refractivity contribution in [2.24, 2.45) is 0 Å². The SMILES string of the molecule is N=C1/C(=C(/O)c2ccc(Cl)cc2)C(c2ccc(F)cc2)C2=C(CCCC2=O)N1c1ccc(Cl)cc1. The summed E-state index contributed by atoms with van der Waals surface area (Å²) < 4.78 is 13.8. The molecule has 0 saturated carbocycles. The van der Waals surface area contributed by atoms with Crippen LogP contribution in [0.15, 0.2) is 89.6 Å². The molecule has 176 valence electrons. The zero-order chi connectivity index (χ0) is 24.7. The number of halogens is 3. The highest BCUT2D eigenvalue weighted by atomic mass is 35.5. The van der Waals surface area contributed by atoms with Crippen molar-refractivity contribution in [2.75, 3.05) is 4.90 Å². The van der Waals surface area contributed by atoms with Crippen molar-refractivity contribution in [1.29, 1.82) is 5.41 Å². The van der Waals surface area contributed by atoms with Crippen molar-refractivity contribution >= 4 is 46.3 Å². The van der Waals surface area contributed by atoms with E-state index in [9.17, 15) is 19.7 Å². The maximum Gasteiger partial charge on any atom is 0.161 e. The number of allylic oxidation sites excluding steroid dienone is 2. The van der Waals surface area contributed by atoms with Crippen molar-refractivity contribution in [3.8, 4) is 0 Å². The minimum atomic E-state index is -0.717. The Morgan fingerprint density at radius 3 is 2.14 bits per heavy atom. The maximum absolute atomic E-state index is 13.8.